The van der Waals surface area contributed by atoms with E-state index < -0.39 is 0 Å². The molecule has 0 aliphatic carbocycles. The van der Waals surface area contributed by atoms with Gasteiger partial charge in [-0.1, -0.05) is 29.8 Å². The Morgan fingerprint density at radius 2 is 1.89 bits per heavy atom. The molecule has 0 aromatic heterocycles. The van der Waals surface area contributed by atoms with Crippen LogP contribution in [0.2, 0.25) is 5.02 Å². The molecule has 0 spiro atoms. The van der Waals surface area contributed by atoms with Gasteiger partial charge in [0.15, 0.2) is 0 Å². The highest BCUT2D eigenvalue weighted by molar-refractivity contribution is 9.10. The second-order valence-corrected chi connectivity index (χ2v) is 5.59. The molecule has 100 valence electrons. The van der Waals surface area contributed by atoms with Crippen LogP contribution in [0.25, 0.3) is 0 Å². The first-order chi connectivity index (χ1) is 9.10. The van der Waals surface area contributed by atoms with Gasteiger partial charge in [0.25, 0.3) is 0 Å². The van der Waals surface area contributed by atoms with Crippen molar-refractivity contribution >= 4 is 27.5 Å². The zero-order valence-electron chi connectivity index (χ0n) is 10.6. The van der Waals surface area contributed by atoms with E-state index in [1.807, 2.05) is 42.5 Å². The van der Waals surface area contributed by atoms with Gasteiger partial charge in [-0.2, -0.15) is 0 Å². The van der Waals surface area contributed by atoms with E-state index in [0.717, 1.165) is 22.2 Å². The summed E-state index contributed by atoms with van der Waals surface area (Å²) < 4.78 is 6.01. The van der Waals surface area contributed by atoms with Gasteiger partial charge in [0.2, 0.25) is 0 Å². The Labute approximate surface area is 126 Å². The zero-order valence-corrected chi connectivity index (χ0v) is 12.9. The summed E-state index contributed by atoms with van der Waals surface area (Å²) in [7, 11) is 1.66. The Bertz CT molecular complexity index is 557. The van der Waals surface area contributed by atoms with Crippen LogP contribution in [0.4, 0.5) is 0 Å². The molecule has 0 heterocycles. The van der Waals surface area contributed by atoms with Crippen LogP contribution in [-0.4, -0.2) is 7.11 Å². The number of hydrogen-bond donors (Lipinski definition) is 1. The Morgan fingerprint density at radius 1 is 1.21 bits per heavy atom. The number of methoxy groups -OCH3 is 1. The Balaban J connectivity index is 2.10. The van der Waals surface area contributed by atoms with E-state index in [1.54, 1.807) is 7.11 Å². The third-order valence-electron chi connectivity index (χ3n) is 2.99. The Morgan fingerprint density at radius 3 is 2.47 bits per heavy atom. The average molecular weight is 341 g/mol. The third kappa shape index (κ3) is 3.72. The molecule has 4 heteroatoms. The van der Waals surface area contributed by atoms with Gasteiger partial charge in [0.1, 0.15) is 5.75 Å². The first-order valence-electron chi connectivity index (χ1n) is 5.93. The van der Waals surface area contributed by atoms with Crippen molar-refractivity contribution < 1.29 is 4.74 Å². The largest absolute Gasteiger partial charge is 0.497 e. The SMILES string of the molecule is COc1ccc(CC(N)c2ccc(Cl)c(Br)c2)cc1. The maximum Gasteiger partial charge on any atom is 0.118 e. The fourth-order valence-corrected chi connectivity index (χ4v) is 2.39. The molecule has 2 rings (SSSR count). The van der Waals surface area contributed by atoms with E-state index >= 15 is 0 Å². The molecule has 0 fully saturated rings. The number of ether oxygens (including phenoxy) is 1. The van der Waals surface area contributed by atoms with Crippen molar-refractivity contribution in [3.8, 4) is 5.75 Å². The van der Waals surface area contributed by atoms with Gasteiger partial charge in [0.05, 0.1) is 12.1 Å². The normalized spacial score (nSPS) is 12.2. The van der Waals surface area contributed by atoms with Gasteiger partial charge < -0.3 is 10.5 Å². The molecular weight excluding hydrogens is 326 g/mol. The summed E-state index contributed by atoms with van der Waals surface area (Å²) in [4.78, 5) is 0. The van der Waals surface area contributed by atoms with Gasteiger partial charge in [-0.15, -0.1) is 0 Å². The van der Waals surface area contributed by atoms with Crippen LogP contribution in [0, 0.1) is 0 Å². The van der Waals surface area contributed by atoms with E-state index in [-0.39, 0.29) is 6.04 Å². The van der Waals surface area contributed by atoms with Crippen molar-refractivity contribution in [2.45, 2.75) is 12.5 Å². The molecule has 0 radical (unpaired) electrons. The fourth-order valence-electron chi connectivity index (χ4n) is 1.88. The van der Waals surface area contributed by atoms with Crippen molar-refractivity contribution in [2.24, 2.45) is 5.73 Å². The summed E-state index contributed by atoms with van der Waals surface area (Å²) in [5.41, 5.74) is 8.46. The second kappa shape index (κ2) is 6.42. The number of hydrogen-bond acceptors (Lipinski definition) is 2. The lowest BCUT2D eigenvalue weighted by Gasteiger charge is -2.13. The van der Waals surface area contributed by atoms with Crippen molar-refractivity contribution in [1.29, 1.82) is 0 Å². The van der Waals surface area contributed by atoms with Gasteiger partial charge in [0, 0.05) is 10.5 Å². The minimum absolute atomic E-state index is 0.0537. The summed E-state index contributed by atoms with van der Waals surface area (Å²) in [6, 6.07) is 13.7. The standard InChI is InChI=1S/C15H15BrClNO/c1-19-12-5-2-10(3-6-12)8-15(18)11-4-7-14(17)13(16)9-11/h2-7,9,15H,8,18H2,1H3. The lowest BCUT2D eigenvalue weighted by atomic mass is 10.00. The monoisotopic (exact) mass is 339 g/mol. The minimum Gasteiger partial charge on any atom is -0.497 e. The zero-order chi connectivity index (χ0) is 13.8. The molecule has 0 saturated heterocycles. The summed E-state index contributed by atoms with van der Waals surface area (Å²) in [5, 5.41) is 0.695. The molecule has 2 nitrogen and oxygen atoms in total. The predicted octanol–water partition coefficient (Wildman–Crippen LogP) is 4.35. The molecule has 0 bridgehead atoms. The summed E-state index contributed by atoms with van der Waals surface area (Å²) in [5.74, 6) is 0.853. The van der Waals surface area contributed by atoms with Crippen LogP contribution in [0.1, 0.15) is 17.2 Å². The van der Waals surface area contributed by atoms with Crippen molar-refractivity contribution in [2.75, 3.05) is 7.11 Å². The van der Waals surface area contributed by atoms with E-state index in [9.17, 15) is 0 Å². The molecule has 0 saturated carbocycles. The summed E-state index contributed by atoms with van der Waals surface area (Å²) in [6.45, 7) is 0. The van der Waals surface area contributed by atoms with Crippen molar-refractivity contribution in [1.82, 2.24) is 0 Å². The topological polar surface area (TPSA) is 35.2 Å². The van der Waals surface area contributed by atoms with Gasteiger partial charge in [-0.3, -0.25) is 0 Å². The smallest absolute Gasteiger partial charge is 0.118 e. The quantitative estimate of drug-likeness (QED) is 0.898. The van der Waals surface area contributed by atoms with Crippen LogP contribution < -0.4 is 10.5 Å². The van der Waals surface area contributed by atoms with Crippen LogP contribution in [0.5, 0.6) is 5.75 Å². The predicted molar refractivity (Wildman–Crippen MR) is 82.8 cm³/mol. The minimum atomic E-state index is -0.0537. The number of halogens is 2. The van der Waals surface area contributed by atoms with Crippen LogP contribution in [0.3, 0.4) is 0 Å². The molecule has 0 aliphatic heterocycles. The highest BCUT2D eigenvalue weighted by Crippen LogP contribution is 2.26. The second-order valence-electron chi connectivity index (χ2n) is 4.33. The van der Waals surface area contributed by atoms with Gasteiger partial charge in [-0.05, 0) is 57.7 Å². The molecular formula is C15H15BrClNO. The lowest BCUT2D eigenvalue weighted by molar-refractivity contribution is 0.414. The average Bonchev–Trinajstić information content (AvgIpc) is 2.42. The summed E-state index contributed by atoms with van der Waals surface area (Å²) >= 11 is 9.39. The highest BCUT2D eigenvalue weighted by atomic mass is 79.9. The van der Waals surface area contributed by atoms with E-state index in [2.05, 4.69) is 15.9 Å². The van der Waals surface area contributed by atoms with E-state index in [0.29, 0.717) is 5.02 Å². The lowest BCUT2D eigenvalue weighted by Crippen LogP contribution is -2.13. The number of rotatable bonds is 4. The van der Waals surface area contributed by atoms with Crippen molar-refractivity contribution in [3.05, 3.63) is 63.1 Å². The third-order valence-corrected chi connectivity index (χ3v) is 4.20. The maximum absolute atomic E-state index is 6.22. The Hall–Kier alpha value is -1.03. The molecule has 1 atom stereocenters. The number of benzene rings is 2. The summed E-state index contributed by atoms with van der Waals surface area (Å²) in [6.07, 6.45) is 0.776. The molecule has 0 aliphatic rings. The molecule has 0 amide bonds. The molecule has 2 aromatic rings. The fraction of sp³-hybridized carbons (Fsp3) is 0.200. The maximum atomic E-state index is 6.22. The van der Waals surface area contributed by atoms with Crippen LogP contribution >= 0.6 is 27.5 Å². The van der Waals surface area contributed by atoms with Crippen LogP contribution in [-0.2, 0) is 6.42 Å². The molecule has 2 aromatic carbocycles. The van der Waals surface area contributed by atoms with E-state index in [4.69, 9.17) is 22.1 Å². The highest BCUT2D eigenvalue weighted by Gasteiger charge is 2.09. The first-order valence-corrected chi connectivity index (χ1v) is 7.10. The number of nitrogens with two attached hydrogens (primary N) is 1. The Kier molecular flexibility index (Phi) is 4.86. The van der Waals surface area contributed by atoms with Gasteiger partial charge >= 0.3 is 0 Å². The molecule has 1 unspecified atom stereocenters. The van der Waals surface area contributed by atoms with E-state index in [1.165, 1.54) is 5.56 Å². The van der Waals surface area contributed by atoms with Crippen LogP contribution in [0.15, 0.2) is 46.9 Å². The van der Waals surface area contributed by atoms with Crippen molar-refractivity contribution in [3.63, 3.8) is 0 Å². The molecule has 19 heavy (non-hydrogen) atoms. The van der Waals surface area contributed by atoms with Gasteiger partial charge in [-0.25, -0.2) is 0 Å². The molecule has 2 N–H and O–H groups in total. The first kappa shape index (κ1) is 14.4.